The molecule has 4 aromatic rings. The molecule has 0 amide bonds. The Labute approximate surface area is 266 Å². The summed E-state index contributed by atoms with van der Waals surface area (Å²) in [5.41, 5.74) is 3.37. The van der Waals surface area contributed by atoms with Crippen LogP contribution in [0.3, 0.4) is 0 Å². The predicted molar refractivity (Wildman–Crippen MR) is 173 cm³/mol. The minimum atomic E-state index is -0.704. The molecule has 0 saturated carbocycles. The topological polar surface area (TPSA) is 79.1 Å². The molecule has 5 rings (SSSR count). The van der Waals surface area contributed by atoms with E-state index in [1.54, 1.807) is 18.6 Å². The van der Waals surface area contributed by atoms with Gasteiger partial charge in [-0.3, -0.25) is 9.36 Å². The van der Waals surface area contributed by atoms with Gasteiger partial charge < -0.3 is 14.2 Å². The van der Waals surface area contributed by atoms with Gasteiger partial charge in [0.15, 0.2) is 4.80 Å². The van der Waals surface area contributed by atoms with Gasteiger partial charge in [-0.2, -0.15) is 0 Å². The number of methoxy groups -OCH3 is 1. The van der Waals surface area contributed by atoms with Gasteiger partial charge in [0, 0.05) is 5.02 Å². The number of carbonyl (C=O) groups excluding carboxylic acids is 1. The molecule has 3 aromatic carbocycles. The van der Waals surface area contributed by atoms with Crippen LogP contribution in [0.15, 0.2) is 92.3 Å². The zero-order valence-corrected chi connectivity index (χ0v) is 27.1. The van der Waals surface area contributed by atoms with Crippen molar-refractivity contribution in [2.45, 2.75) is 39.3 Å². The Bertz CT molecular complexity index is 1850. The summed E-state index contributed by atoms with van der Waals surface area (Å²) in [5, 5.41) is 0.681. The molecule has 0 fully saturated rings. The number of ether oxygens (including phenoxy) is 3. The fourth-order valence-corrected chi connectivity index (χ4v) is 6.55. The number of aromatic nitrogens is 1. The fraction of sp³-hybridized carbons (Fsp3) is 0.242. The van der Waals surface area contributed by atoms with E-state index in [1.807, 2.05) is 79.7 Å². The first kappa shape index (κ1) is 30.8. The maximum absolute atomic E-state index is 14.0. The molecule has 7 nitrogen and oxygen atoms in total. The van der Waals surface area contributed by atoms with Gasteiger partial charge in [0.25, 0.3) is 5.56 Å². The highest BCUT2D eigenvalue weighted by molar-refractivity contribution is 9.10. The van der Waals surface area contributed by atoms with E-state index in [0.717, 1.165) is 23.1 Å². The standard InChI is InChI=1S/C33H30BrClN2O5S/c1-4-6-26-29(32(39)41-5-2)30(22-11-16-27(40-3)25(34)18-22)37-31(38)28(43-33(37)36-26)17-20-9-14-24(15-10-20)42-19-21-7-12-23(35)13-8-21/h7-18,30H,4-6,19H2,1-3H3/b28-17-. The van der Waals surface area contributed by atoms with E-state index in [-0.39, 0.29) is 12.2 Å². The van der Waals surface area contributed by atoms with Crippen LogP contribution in [0.25, 0.3) is 6.08 Å². The molecule has 222 valence electrons. The molecule has 10 heteroatoms. The van der Waals surface area contributed by atoms with Crippen LogP contribution in [0.2, 0.25) is 5.02 Å². The number of rotatable bonds is 10. The third-order valence-corrected chi connectivity index (χ3v) is 8.74. The van der Waals surface area contributed by atoms with Crippen LogP contribution >= 0.6 is 38.9 Å². The molecule has 0 radical (unpaired) electrons. The molecule has 1 unspecified atom stereocenters. The van der Waals surface area contributed by atoms with Crippen molar-refractivity contribution in [2.24, 2.45) is 4.99 Å². The Balaban J connectivity index is 1.54. The second-order valence-corrected chi connectivity index (χ2v) is 12.1. The first-order chi connectivity index (χ1) is 20.8. The monoisotopic (exact) mass is 680 g/mol. The number of allylic oxidation sites excluding steroid dienone is 1. The van der Waals surface area contributed by atoms with E-state index in [0.29, 0.717) is 54.6 Å². The van der Waals surface area contributed by atoms with Crippen LogP contribution in [0.1, 0.15) is 49.4 Å². The molecule has 0 spiro atoms. The first-order valence-electron chi connectivity index (χ1n) is 13.9. The first-order valence-corrected chi connectivity index (χ1v) is 15.8. The van der Waals surface area contributed by atoms with Crippen molar-refractivity contribution < 1.29 is 19.0 Å². The van der Waals surface area contributed by atoms with Crippen molar-refractivity contribution in [3.05, 3.63) is 124 Å². The van der Waals surface area contributed by atoms with E-state index in [4.69, 9.17) is 30.8 Å². The average Bonchev–Trinajstić information content (AvgIpc) is 3.31. The highest BCUT2D eigenvalue weighted by Crippen LogP contribution is 2.36. The molecule has 1 aliphatic heterocycles. The van der Waals surface area contributed by atoms with Crippen LogP contribution in [0, 0.1) is 0 Å². The molecule has 1 aromatic heterocycles. The molecular weight excluding hydrogens is 652 g/mol. The van der Waals surface area contributed by atoms with Crippen LogP contribution in [-0.4, -0.2) is 24.3 Å². The van der Waals surface area contributed by atoms with Crippen LogP contribution < -0.4 is 24.4 Å². The zero-order chi connectivity index (χ0) is 30.5. The molecule has 0 saturated heterocycles. The summed E-state index contributed by atoms with van der Waals surface area (Å²) in [6.45, 7) is 4.42. The number of halogens is 2. The van der Waals surface area contributed by atoms with Crippen LogP contribution in [0.4, 0.5) is 0 Å². The van der Waals surface area contributed by atoms with Crippen molar-refractivity contribution in [3.63, 3.8) is 0 Å². The minimum absolute atomic E-state index is 0.213. The van der Waals surface area contributed by atoms with Crippen molar-refractivity contribution in [3.8, 4) is 11.5 Å². The highest BCUT2D eigenvalue weighted by atomic mass is 79.9. The van der Waals surface area contributed by atoms with Gasteiger partial charge in [0.05, 0.1) is 40.0 Å². The fourth-order valence-electron chi connectivity index (χ4n) is 4.85. The van der Waals surface area contributed by atoms with E-state index in [9.17, 15) is 9.59 Å². The Hall–Kier alpha value is -3.66. The molecule has 0 aliphatic carbocycles. The van der Waals surface area contributed by atoms with E-state index in [2.05, 4.69) is 15.9 Å². The Morgan fingerprint density at radius 1 is 1.09 bits per heavy atom. The lowest BCUT2D eigenvalue weighted by Crippen LogP contribution is -2.40. The Morgan fingerprint density at radius 3 is 2.49 bits per heavy atom. The van der Waals surface area contributed by atoms with E-state index >= 15 is 0 Å². The summed E-state index contributed by atoms with van der Waals surface area (Å²) >= 11 is 10.8. The number of nitrogens with zero attached hydrogens (tertiary/aromatic N) is 2. The van der Waals surface area contributed by atoms with Gasteiger partial charge in [-0.05, 0) is 88.4 Å². The molecular formula is C33H30BrClN2O5S. The maximum atomic E-state index is 14.0. The van der Waals surface area contributed by atoms with Gasteiger partial charge in [-0.15, -0.1) is 0 Å². The quantitative estimate of drug-likeness (QED) is 0.177. The van der Waals surface area contributed by atoms with Crippen molar-refractivity contribution in [1.29, 1.82) is 0 Å². The summed E-state index contributed by atoms with van der Waals surface area (Å²) in [4.78, 5) is 32.7. The van der Waals surface area contributed by atoms with Gasteiger partial charge in [-0.25, -0.2) is 9.79 Å². The summed E-state index contributed by atoms with van der Waals surface area (Å²) in [6.07, 6.45) is 3.19. The highest BCUT2D eigenvalue weighted by Gasteiger charge is 2.34. The summed E-state index contributed by atoms with van der Waals surface area (Å²) in [6, 6.07) is 19.9. The van der Waals surface area contributed by atoms with Crippen molar-refractivity contribution >= 4 is 50.9 Å². The molecule has 0 N–H and O–H groups in total. The number of fused-ring (bicyclic) bond motifs is 1. The lowest BCUT2D eigenvalue weighted by Gasteiger charge is -2.26. The van der Waals surface area contributed by atoms with Gasteiger partial charge in [0.1, 0.15) is 18.1 Å². The van der Waals surface area contributed by atoms with Crippen molar-refractivity contribution in [2.75, 3.05) is 13.7 Å². The van der Waals surface area contributed by atoms with Crippen molar-refractivity contribution in [1.82, 2.24) is 4.57 Å². The second-order valence-electron chi connectivity index (χ2n) is 9.79. The molecule has 0 bridgehead atoms. The largest absolute Gasteiger partial charge is 0.496 e. The molecule has 2 heterocycles. The van der Waals surface area contributed by atoms with Gasteiger partial charge in [-0.1, -0.05) is 66.6 Å². The number of carbonyl (C=O) groups is 1. The molecule has 43 heavy (non-hydrogen) atoms. The zero-order valence-electron chi connectivity index (χ0n) is 23.9. The minimum Gasteiger partial charge on any atom is -0.496 e. The van der Waals surface area contributed by atoms with Gasteiger partial charge in [0.2, 0.25) is 0 Å². The Morgan fingerprint density at radius 2 is 1.84 bits per heavy atom. The summed E-state index contributed by atoms with van der Waals surface area (Å²) in [7, 11) is 1.59. The SMILES string of the molecule is CCCC1=C(C(=O)OCC)C(c2ccc(OC)c(Br)c2)n2c(s/c(=C\c3ccc(OCc4ccc(Cl)cc4)cc3)c2=O)=N1. The maximum Gasteiger partial charge on any atom is 0.338 e. The molecule has 1 atom stereocenters. The number of hydrogen-bond acceptors (Lipinski definition) is 7. The lowest BCUT2D eigenvalue weighted by molar-refractivity contribution is -0.139. The Kier molecular flexibility index (Phi) is 9.85. The summed E-state index contributed by atoms with van der Waals surface area (Å²) in [5.74, 6) is 0.879. The number of thiazole rings is 1. The predicted octanol–water partition coefficient (Wildman–Crippen LogP) is 6.58. The van der Waals surface area contributed by atoms with E-state index in [1.165, 1.54) is 11.3 Å². The number of esters is 1. The normalized spacial score (nSPS) is 14.7. The van der Waals surface area contributed by atoms with Crippen LogP contribution in [0.5, 0.6) is 11.5 Å². The average molecular weight is 682 g/mol. The van der Waals surface area contributed by atoms with Crippen LogP contribution in [-0.2, 0) is 16.1 Å². The third kappa shape index (κ3) is 6.79. The smallest absolute Gasteiger partial charge is 0.338 e. The number of hydrogen-bond donors (Lipinski definition) is 0. The second kappa shape index (κ2) is 13.8. The lowest BCUT2D eigenvalue weighted by atomic mass is 9.94. The van der Waals surface area contributed by atoms with E-state index < -0.39 is 12.0 Å². The summed E-state index contributed by atoms with van der Waals surface area (Å²) < 4.78 is 19.6. The number of benzene rings is 3. The third-order valence-electron chi connectivity index (χ3n) is 6.88. The van der Waals surface area contributed by atoms with Gasteiger partial charge >= 0.3 is 5.97 Å². The molecule has 1 aliphatic rings.